The van der Waals surface area contributed by atoms with Crippen molar-refractivity contribution in [3.63, 3.8) is 0 Å². The van der Waals surface area contributed by atoms with Gasteiger partial charge in [0.15, 0.2) is 6.04 Å². The van der Waals surface area contributed by atoms with Crippen molar-refractivity contribution in [1.29, 1.82) is 0 Å². The molecule has 2 amide bonds. The summed E-state index contributed by atoms with van der Waals surface area (Å²) in [4.78, 5) is 32.4. The zero-order chi connectivity index (χ0) is 19.0. The second-order valence-electron chi connectivity index (χ2n) is 6.81. The number of carbonyl (C=O) groups excluding carboxylic acids is 2. The first-order chi connectivity index (χ1) is 13.0. The number of carbonyl (C=O) groups is 2. The minimum Gasteiger partial charge on any atom is -0.323 e. The van der Waals surface area contributed by atoms with Gasteiger partial charge in [-0.3, -0.25) is 14.5 Å². The van der Waals surface area contributed by atoms with E-state index in [0.29, 0.717) is 12.2 Å². The maximum Gasteiger partial charge on any atom is 0.285 e. The molecule has 3 aromatic rings. The summed E-state index contributed by atoms with van der Waals surface area (Å²) >= 11 is 1.66. The molecule has 1 unspecified atom stereocenters. The normalized spacial score (nSPS) is 15.9. The zero-order valence-electron chi connectivity index (χ0n) is 15.2. The van der Waals surface area contributed by atoms with Crippen molar-refractivity contribution in [3.8, 4) is 0 Å². The summed E-state index contributed by atoms with van der Waals surface area (Å²) in [7, 11) is 1.99. The van der Waals surface area contributed by atoms with Crippen molar-refractivity contribution >= 4 is 44.7 Å². The summed E-state index contributed by atoms with van der Waals surface area (Å²) in [5, 5.41) is 3.82. The summed E-state index contributed by atoms with van der Waals surface area (Å²) in [6, 6.07) is 15.2. The molecule has 1 aliphatic heterocycles. The topological polar surface area (TPSA) is 66.7 Å². The summed E-state index contributed by atoms with van der Waals surface area (Å²) in [6.07, 6.45) is 0. The van der Waals surface area contributed by atoms with Gasteiger partial charge in [0.05, 0.1) is 28.6 Å². The van der Waals surface area contributed by atoms with Gasteiger partial charge in [0.1, 0.15) is 18.1 Å². The predicted octanol–water partition coefficient (Wildman–Crippen LogP) is 1.68. The Morgan fingerprint density at radius 2 is 2.00 bits per heavy atom. The molecule has 0 saturated carbocycles. The number of nitrogens with one attached hydrogen (secondary N) is 2. The Morgan fingerprint density at radius 3 is 2.81 bits per heavy atom. The van der Waals surface area contributed by atoms with Crippen LogP contribution in [0.5, 0.6) is 0 Å². The molecular formula is C20H21N4O2S+. The van der Waals surface area contributed by atoms with Crippen molar-refractivity contribution in [1.82, 2.24) is 4.98 Å². The predicted molar refractivity (Wildman–Crippen MR) is 107 cm³/mol. The molecule has 0 aliphatic carbocycles. The second kappa shape index (κ2) is 7.09. The number of rotatable bonds is 4. The van der Waals surface area contributed by atoms with E-state index in [0.717, 1.165) is 25.8 Å². The van der Waals surface area contributed by atoms with Gasteiger partial charge in [-0.15, -0.1) is 11.3 Å². The molecule has 0 bridgehead atoms. The number of amides is 2. The Kier molecular flexibility index (Phi) is 4.63. The summed E-state index contributed by atoms with van der Waals surface area (Å²) in [5.74, 6) is -0.228. The molecule has 2 aromatic carbocycles. The number of benzene rings is 2. The molecule has 6 nitrogen and oxygen atoms in total. The SMILES string of the molecule is C[C@@H](C(=O)N1CC(=O)Nc2ccccc21)[NH+](C)Cc1nc2ccccc2s1. The summed E-state index contributed by atoms with van der Waals surface area (Å²) < 4.78 is 1.15. The van der Waals surface area contributed by atoms with Gasteiger partial charge in [-0.2, -0.15) is 0 Å². The quantitative estimate of drug-likeness (QED) is 0.723. The van der Waals surface area contributed by atoms with Gasteiger partial charge in [0.2, 0.25) is 5.91 Å². The Bertz CT molecular complexity index is 983. The lowest BCUT2D eigenvalue weighted by molar-refractivity contribution is -0.907. The maximum atomic E-state index is 13.1. The molecule has 1 aliphatic rings. The van der Waals surface area contributed by atoms with Crippen LogP contribution >= 0.6 is 11.3 Å². The van der Waals surface area contributed by atoms with Gasteiger partial charge < -0.3 is 10.2 Å². The molecule has 4 rings (SSSR count). The first-order valence-corrected chi connectivity index (χ1v) is 9.71. The fraction of sp³-hybridized carbons (Fsp3) is 0.250. The molecule has 0 saturated heterocycles. The van der Waals surface area contributed by atoms with Gasteiger partial charge in [0, 0.05) is 0 Å². The standard InChI is InChI=1S/C20H20N4O2S/c1-13(23(2)12-19-22-15-8-4-6-10-17(15)27-19)20(26)24-11-18(25)21-14-7-3-5-9-16(14)24/h3-10,13H,11-12H2,1-2H3,(H,21,25)/p+1/t13-/m0/s1. The highest BCUT2D eigenvalue weighted by molar-refractivity contribution is 7.18. The number of fused-ring (bicyclic) bond motifs is 2. The molecule has 27 heavy (non-hydrogen) atoms. The zero-order valence-corrected chi connectivity index (χ0v) is 16.0. The first-order valence-electron chi connectivity index (χ1n) is 8.90. The molecule has 2 N–H and O–H groups in total. The molecule has 2 atom stereocenters. The molecule has 0 radical (unpaired) electrons. The third-order valence-electron chi connectivity index (χ3n) is 4.91. The minimum atomic E-state index is -0.295. The Morgan fingerprint density at radius 1 is 1.26 bits per heavy atom. The number of aromatic nitrogens is 1. The van der Waals surface area contributed by atoms with E-state index in [2.05, 4.69) is 16.4 Å². The van der Waals surface area contributed by atoms with Crippen LogP contribution in [-0.2, 0) is 16.1 Å². The molecule has 2 heterocycles. The van der Waals surface area contributed by atoms with Gasteiger partial charge >= 0.3 is 0 Å². The van der Waals surface area contributed by atoms with E-state index in [1.54, 1.807) is 16.2 Å². The molecule has 1 aromatic heterocycles. The molecule has 0 fully saturated rings. The molecule has 138 valence electrons. The number of thiazole rings is 1. The van der Waals surface area contributed by atoms with E-state index >= 15 is 0 Å². The smallest absolute Gasteiger partial charge is 0.285 e. The lowest BCUT2D eigenvalue weighted by Crippen LogP contribution is -3.12. The minimum absolute atomic E-state index is 0.0502. The van der Waals surface area contributed by atoms with E-state index in [1.165, 1.54) is 0 Å². The Labute approximate surface area is 161 Å². The molecular weight excluding hydrogens is 360 g/mol. The lowest BCUT2D eigenvalue weighted by atomic mass is 10.1. The van der Waals surface area contributed by atoms with Crippen LogP contribution in [0.25, 0.3) is 10.2 Å². The molecule has 7 heteroatoms. The maximum absolute atomic E-state index is 13.1. The van der Waals surface area contributed by atoms with Gasteiger partial charge in [-0.25, -0.2) is 4.98 Å². The van der Waals surface area contributed by atoms with E-state index in [1.807, 2.05) is 56.4 Å². The van der Waals surface area contributed by atoms with E-state index in [-0.39, 0.29) is 24.4 Å². The van der Waals surface area contributed by atoms with E-state index in [4.69, 9.17) is 0 Å². The Hall–Kier alpha value is -2.77. The number of hydrogen-bond donors (Lipinski definition) is 2. The highest BCUT2D eigenvalue weighted by atomic mass is 32.1. The van der Waals surface area contributed by atoms with Crippen molar-refractivity contribution < 1.29 is 14.5 Å². The van der Waals surface area contributed by atoms with Crippen molar-refractivity contribution in [2.75, 3.05) is 23.8 Å². The largest absolute Gasteiger partial charge is 0.323 e. The third kappa shape index (κ3) is 3.43. The monoisotopic (exact) mass is 381 g/mol. The number of quaternary nitrogens is 1. The number of hydrogen-bond acceptors (Lipinski definition) is 4. The Balaban J connectivity index is 1.52. The number of nitrogens with zero attached hydrogens (tertiary/aromatic N) is 2. The third-order valence-corrected chi connectivity index (χ3v) is 5.95. The fourth-order valence-electron chi connectivity index (χ4n) is 3.26. The second-order valence-corrected chi connectivity index (χ2v) is 7.93. The number of para-hydroxylation sites is 3. The highest BCUT2D eigenvalue weighted by Crippen LogP contribution is 2.29. The summed E-state index contributed by atoms with van der Waals surface area (Å²) in [5.41, 5.74) is 2.42. The lowest BCUT2D eigenvalue weighted by Gasteiger charge is -2.32. The number of likely N-dealkylation sites (N-methyl/N-ethyl adjacent to an activating group) is 1. The van der Waals surface area contributed by atoms with Crippen LogP contribution in [0.15, 0.2) is 48.5 Å². The van der Waals surface area contributed by atoms with Crippen LogP contribution in [0.1, 0.15) is 11.9 Å². The molecule has 0 spiro atoms. The van der Waals surface area contributed by atoms with E-state index < -0.39 is 0 Å². The van der Waals surface area contributed by atoms with Crippen LogP contribution in [0.3, 0.4) is 0 Å². The van der Waals surface area contributed by atoms with Crippen molar-refractivity contribution in [3.05, 3.63) is 53.5 Å². The summed E-state index contributed by atoms with van der Waals surface area (Å²) in [6.45, 7) is 2.61. The van der Waals surface area contributed by atoms with Crippen LogP contribution in [0, 0.1) is 0 Å². The average molecular weight is 381 g/mol. The van der Waals surface area contributed by atoms with Crippen LogP contribution in [0.4, 0.5) is 11.4 Å². The fourth-order valence-corrected chi connectivity index (χ4v) is 4.32. The number of anilines is 2. The average Bonchev–Trinajstić information content (AvgIpc) is 3.08. The van der Waals surface area contributed by atoms with Crippen LogP contribution in [0.2, 0.25) is 0 Å². The first kappa shape index (κ1) is 17.6. The van der Waals surface area contributed by atoms with Gasteiger partial charge in [-0.1, -0.05) is 24.3 Å². The van der Waals surface area contributed by atoms with Gasteiger partial charge in [0.25, 0.3) is 5.91 Å². The van der Waals surface area contributed by atoms with Gasteiger partial charge in [-0.05, 0) is 31.2 Å². The van der Waals surface area contributed by atoms with Crippen LogP contribution in [-0.4, -0.2) is 36.4 Å². The van der Waals surface area contributed by atoms with Crippen molar-refractivity contribution in [2.45, 2.75) is 19.5 Å². The highest BCUT2D eigenvalue weighted by Gasteiger charge is 2.33. The van der Waals surface area contributed by atoms with Crippen molar-refractivity contribution in [2.24, 2.45) is 0 Å². The van der Waals surface area contributed by atoms with Crippen LogP contribution < -0.4 is 15.1 Å². The van der Waals surface area contributed by atoms with E-state index in [9.17, 15) is 9.59 Å².